The van der Waals surface area contributed by atoms with E-state index in [2.05, 4.69) is 15.4 Å². The van der Waals surface area contributed by atoms with Crippen molar-refractivity contribution in [1.29, 1.82) is 0 Å². The number of nitrogens with one attached hydrogen (secondary N) is 1. The topological polar surface area (TPSA) is 59.8 Å². The Labute approximate surface area is 161 Å². The van der Waals surface area contributed by atoms with Gasteiger partial charge in [0.1, 0.15) is 0 Å². The zero-order chi connectivity index (χ0) is 18.8. The smallest absolute Gasteiger partial charge is 0.259 e. The Kier molecular flexibility index (Phi) is 4.56. The zero-order valence-electron chi connectivity index (χ0n) is 15.0. The summed E-state index contributed by atoms with van der Waals surface area (Å²) >= 11 is 1.62. The Morgan fingerprint density at radius 2 is 1.78 bits per heavy atom. The van der Waals surface area contributed by atoms with E-state index in [-0.39, 0.29) is 5.91 Å². The number of benzene rings is 2. The lowest BCUT2D eigenvalue weighted by Gasteiger charge is -2.07. The number of carbonyl (C=O) groups excluding carboxylic acids is 1. The summed E-state index contributed by atoms with van der Waals surface area (Å²) in [4.78, 5) is 17.1. The van der Waals surface area contributed by atoms with Crippen LogP contribution < -0.4 is 5.32 Å². The van der Waals surface area contributed by atoms with Crippen LogP contribution in [0.4, 0.5) is 5.69 Å². The third-order valence-corrected chi connectivity index (χ3v) is 5.09. The molecule has 0 unspecified atom stereocenters. The highest BCUT2D eigenvalue weighted by molar-refractivity contribution is 7.09. The van der Waals surface area contributed by atoms with Crippen molar-refractivity contribution in [1.82, 2.24) is 14.8 Å². The Hall–Kier alpha value is -3.25. The summed E-state index contributed by atoms with van der Waals surface area (Å²) in [5.74, 6) is -0.174. The number of aromatic nitrogens is 3. The minimum absolute atomic E-state index is 0.174. The maximum Gasteiger partial charge on any atom is 0.259 e. The second-order valence-corrected chi connectivity index (χ2v) is 7.24. The Balaban J connectivity index is 1.52. The number of nitrogens with zero attached hydrogens (tertiary/aromatic N) is 3. The van der Waals surface area contributed by atoms with Crippen molar-refractivity contribution in [2.45, 2.75) is 13.8 Å². The second kappa shape index (κ2) is 7.17. The van der Waals surface area contributed by atoms with Gasteiger partial charge in [-0.1, -0.05) is 30.3 Å². The van der Waals surface area contributed by atoms with Gasteiger partial charge in [-0.15, -0.1) is 11.3 Å². The monoisotopic (exact) mass is 374 g/mol. The van der Waals surface area contributed by atoms with Gasteiger partial charge in [-0.25, -0.2) is 9.67 Å². The van der Waals surface area contributed by atoms with Crippen LogP contribution in [-0.2, 0) is 0 Å². The van der Waals surface area contributed by atoms with Crippen molar-refractivity contribution in [3.8, 4) is 16.9 Å². The highest BCUT2D eigenvalue weighted by atomic mass is 32.1. The van der Waals surface area contributed by atoms with Gasteiger partial charge in [0, 0.05) is 16.6 Å². The minimum atomic E-state index is -0.174. The molecule has 0 aliphatic carbocycles. The standard InChI is InChI=1S/C21H18N4OS/c1-14-19(12-22-25(14)18-6-4-3-5-7-18)21(26)24-17-10-8-16(9-11-17)20-13-27-15(2)23-20/h3-13H,1-2H3,(H,24,26). The molecule has 0 saturated carbocycles. The van der Waals surface area contributed by atoms with E-state index in [1.165, 1.54) is 0 Å². The molecule has 2 aromatic heterocycles. The van der Waals surface area contributed by atoms with Crippen LogP contribution in [0.2, 0.25) is 0 Å². The SMILES string of the molecule is Cc1nc(-c2ccc(NC(=O)c3cnn(-c4ccccc4)c3C)cc2)cs1. The van der Waals surface area contributed by atoms with Gasteiger partial charge in [0.25, 0.3) is 5.91 Å². The maximum atomic E-state index is 12.7. The lowest BCUT2D eigenvalue weighted by molar-refractivity contribution is 0.102. The molecule has 2 aromatic carbocycles. The molecule has 0 aliphatic rings. The Morgan fingerprint density at radius 1 is 1.04 bits per heavy atom. The predicted octanol–water partition coefficient (Wildman–Crippen LogP) is 4.86. The fraction of sp³-hybridized carbons (Fsp3) is 0.0952. The number of hydrogen-bond acceptors (Lipinski definition) is 4. The fourth-order valence-corrected chi connectivity index (χ4v) is 3.50. The molecular formula is C21H18N4OS. The normalized spacial score (nSPS) is 10.7. The average Bonchev–Trinajstić information content (AvgIpc) is 3.29. The number of aryl methyl sites for hydroxylation is 1. The summed E-state index contributed by atoms with van der Waals surface area (Å²) in [6.07, 6.45) is 1.60. The van der Waals surface area contributed by atoms with Gasteiger partial charge in [-0.3, -0.25) is 4.79 Å². The van der Waals surface area contributed by atoms with Crippen LogP contribution in [0.1, 0.15) is 21.1 Å². The van der Waals surface area contributed by atoms with E-state index in [1.54, 1.807) is 22.2 Å². The molecule has 27 heavy (non-hydrogen) atoms. The first kappa shape index (κ1) is 17.2. The summed E-state index contributed by atoms with van der Waals surface area (Å²) < 4.78 is 1.77. The van der Waals surface area contributed by atoms with Crippen LogP contribution in [0, 0.1) is 13.8 Å². The van der Waals surface area contributed by atoms with E-state index in [1.807, 2.05) is 73.8 Å². The third-order valence-electron chi connectivity index (χ3n) is 4.31. The molecule has 2 heterocycles. The number of para-hydroxylation sites is 1. The van der Waals surface area contributed by atoms with Crippen molar-refractivity contribution < 1.29 is 4.79 Å². The number of rotatable bonds is 4. The van der Waals surface area contributed by atoms with Gasteiger partial charge in [0.05, 0.1) is 33.8 Å². The highest BCUT2D eigenvalue weighted by Crippen LogP contribution is 2.23. The molecule has 1 N–H and O–H groups in total. The zero-order valence-corrected chi connectivity index (χ0v) is 15.8. The number of anilines is 1. The van der Waals surface area contributed by atoms with Gasteiger partial charge in [-0.05, 0) is 38.1 Å². The third kappa shape index (κ3) is 3.52. The summed E-state index contributed by atoms with van der Waals surface area (Å²) in [7, 11) is 0. The lowest BCUT2D eigenvalue weighted by Crippen LogP contribution is -2.13. The first-order valence-electron chi connectivity index (χ1n) is 8.56. The van der Waals surface area contributed by atoms with Gasteiger partial charge < -0.3 is 5.32 Å². The lowest BCUT2D eigenvalue weighted by atomic mass is 10.1. The number of carbonyl (C=O) groups is 1. The van der Waals surface area contributed by atoms with E-state index < -0.39 is 0 Å². The molecule has 134 valence electrons. The van der Waals surface area contributed by atoms with Crippen LogP contribution in [0.5, 0.6) is 0 Å². The second-order valence-electron chi connectivity index (χ2n) is 6.17. The van der Waals surface area contributed by atoms with Crippen molar-refractivity contribution in [2.24, 2.45) is 0 Å². The summed E-state index contributed by atoms with van der Waals surface area (Å²) in [5, 5.41) is 10.4. The number of thiazole rings is 1. The molecule has 0 saturated heterocycles. The van der Waals surface area contributed by atoms with Crippen molar-refractivity contribution in [3.05, 3.63) is 82.4 Å². The molecule has 0 spiro atoms. The molecule has 0 bridgehead atoms. The van der Waals surface area contributed by atoms with Gasteiger partial charge >= 0.3 is 0 Å². The van der Waals surface area contributed by atoms with Crippen molar-refractivity contribution in [3.63, 3.8) is 0 Å². The van der Waals surface area contributed by atoms with E-state index in [0.717, 1.165) is 33.3 Å². The largest absolute Gasteiger partial charge is 0.322 e. The van der Waals surface area contributed by atoms with Gasteiger partial charge in [0.2, 0.25) is 0 Å². The molecule has 0 aliphatic heterocycles. The molecule has 0 atom stereocenters. The van der Waals surface area contributed by atoms with Crippen LogP contribution in [-0.4, -0.2) is 20.7 Å². The van der Waals surface area contributed by atoms with E-state index in [4.69, 9.17) is 0 Å². The van der Waals surface area contributed by atoms with Crippen molar-refractivity contribution >= 4 is 22.9 Å². The minimum Gasteiger partial charge on any atom is -0.322 e. The van der Waals surface area contributed by atoms with E-state index in [0.29, 0.717) is 5.56 Å². The van der Waals surface area contributed by atoms with Gasteiger partial charge in [-0.2, -0.15) is 5.10 Å². The number of hydrogen-bond donors (Lipinski definition) is 1. The quantitative estimate of drug-likeness (QED) is 0.555. The summed E-state index contributed by atoms with van der Waals surface area (Å²) in [6, 6.07) is 17.5. The Bertz CT molecular complexity index is 1080. The average molecular weight is 374 g/mol. The molecule has 6 heteroatoms. The number of amides is 1. The van der Waals surface area contributed by atoms with Crippen LogP contribution in [0.15, 0.2) is 66.2 Å². The summed E-state index contributed by atoms with van der Waals surface area (Å²) in [5.41, 5.74) is 5.01. The molecular weight excluding hydrogens is 356 g/mol. The first-order chi connectivity index (χ1) is 13.1. The molecule has 4 rings (SSSR count). The highest BCUT2D eigenvalue weighted by Gasteiger charge is 2.15. The summed E-state index contributed by atoms with van der Waals surface area (Å²) in [6.45, 7) is 3.88. The van der Waals surface area contributed by atoms with Crippen LogP contribution >= 0.6 is 11.3 Å². The van der Waals surface area contributed by atoms with Crippen LogP contribution in [0.25, 0.3) is 16.9 Å². The molecule has 4 aromatic rings. The van der Waals surface area contributed by atoms with Crippen LogP contribution in [0.3, 0.4) is 0 Å². The fourth-order valence-electron chi connectivity index (χ4n) is 2.88. The maximum absolute atomic E-state index is 12.7. The molecule has 1 amide bonds. The van der Waals surface area contributed by atoms with E-state index >= 15 is 0 Å². The molecule has 5 nitrogen and oxygen atoms in total. The molecule has 0 radical (unpaired) electrons. The Morgan fingerprint density at radius 3 is 2.44 bits per heavy atom. The first-order valence-corrected chi connectivity index (χ1v) is 9.44. The predicted molar refractivity (Wildman–Crippen MR) is 109 cm³/mol. The van der Waals surface area contributed by atoms with E-state index in [9.17, 15) is 4.79 Å². The van der Waals surface area contributed by atoms with Crippen molar-refractivity contribution in [2.75, 3.05) is 5.32 Å². The van der Waals surface area contributed by atoms with Gasteiger partial charge in [0.15, 0.2) is 0 Å². The molecule has 0 fully saturated rings.